The molecule has 24 heavy (non-hydrogen) atoms. The van der Waals surface area contributed by atoms with Crippen LogP contribution in [0.3, 0.4) is 0 Å². The van der Waals surface area contributed by atoms with Gasteiger partial charge >= 0.3 is 0 Å². The molecule has 1 saturated heterocycles. The van der Waals surface area contributed by atoms with Gasteiger partial charge in [-0.25, -0.2) is 8.42 Å². The number of benzene rings is 1. The van der Waals surface area contributed by atoms with E-state index in [4.69, 9.17) is 4.42 Å². The molecule has 0 radical (unpaired) electrons. The molecule has 0 aliphatic carbocycles. The maximum Gasteiger partial charge on any atom is 0.243 e. The topological polar surface area (TPSA) is 53.8 Å². The maximum atomic E-state index is 12.9. The van der Waals surface area contributed by atoms with Crippen molar-refractivity contribution in [3.8, 4) is 0 Å². The summed E-state index contributed by atoms with van der Waals surface area (Å²) in [4.78, 5) is 2.65. The van der Waals surface area contributed by atoms with E-state index in [1.54, 1.807) is 10.4 Å². The number of nitrogens with zero attached hydrogens (tertiary/aromatic N) is 2. The van der Waals surface area contributed by atoms with Crippen LogP contribution in [0.25, 0.3) is 0 Å². The van der Waals surface area contributed by atoms with Gasteiger partial charge in [-0.15, -0.1) is 0 Å². The lowest BCUT2D eigenvalue weighted by atomic mass is 10.2. The Morgan fingerprint density at radius 2 is 1.71 bits per heavy atom. The molecule has 0 spiro atoms. The molecule has 130 valence electrons. The lowest BCUT2D eigenvalue weighted by Crippen LogP contribution is -2.48. The maximum absolute atomic E-state index is 12.9. The number of rotatable bonds is 4. The third-order valence-corrected chi connectivity index (χ3v) is 6.51. The van der Waals surface area contributed by atoms with Gasteiger partial charge in [0.05, 0.1) is 11.4 Å². The summed E-state index contributed by atoms with van der Waals surface area (Å²) in [6.45, 7) is 8.93. The second kappa shape index (κ2) is 6.70. The molecular weight excluding hydrogens is 324 g/mol. The first-order chi connectivity index (χ1) is 11.4. The SMILES string of the molecule is Cc1ccc(S(=O)(=O)N2CCN(Cc3ccc(C)o3)CC2)c(C)c1. The van der Waals surface area contributed by atoms with Crippen LogP contribution in [0.15, 0.2) is 39.6 Å². The molecule has 5 nitrogen and oxygen atoms in total. The van der Waals surface area contributed by atoms with Crippen LogP contribution in [-0.4, -0.2) is 43.8 Å². The highest BCUT2D eigenvalue weighted by molar-refractivity contribution is 7.89. The molecule has 0 saturated carbocycles. The van der Waals surface area contributed by atoms with Gasteiger partial charge < -0.3 is 4.42 Å². The highest BCUT2D eigenvalue weighted by Crippen LogP contribution is 2.22. The third kappa shape index (κ3) is 3.55. The molecule has 0 unspecified atom stereocenters. The van der Waals surface area contributed by atoms with Crippen molar-refractivity contribution in [2.45, 2.75) is 32.2 Å². The first-order valence-electron chi connectivity index (χ1n) is 8.21. The van der Waals surface area contributed by atoms with E-state index in [0.717, 1.165) is 29.2 Å². The van der Waals surface area contributed by atoms with E-state index in [1.165, 1.54) is 0 Å². The smallest absolute Gasteiger partial charge is 0.243 e. The van der Waals surface area contributed by atoms with E-state index in [9.17, 15) is 8.42 Å². The number of aryl methyl sites for hydroxylation is 3. The van der Waals surface area contributed by atoms with Crippen LogP contribution in [0.4, 0.5) is 0 Å². The van der Waals surface area contributed by atoms with Crippen molar-refractivity contribution >= 4 is 10.0 Å². The van der Waals surface area contributed by atoms with Gasteiger partial charge in [-0.3, -0.25) is 4.90 Å². The molecule has 1 aliphatic heterocycles. The Morgan fingerprint density at radius 3 is 2.29 bits per heavy atom. The number of furan rings is 1. The molecule has 2 heterocycles. The second-order valence-corrected chi connectivity index (χ2v) is 8.37. The van der Waals surface area contributed by atoms with Gasteiger partial charge in [0.15, 0.2) is 0 Å². The number of hydrogen-bond donors (Lipinski definition) is 0. The summed E-state index contributed by atoms with van der Waals surface area (Å²) in [6.07, 6.45) is 0. The monoisotopic (exact) mass is 348 g/mol. The molecule has 1 fully saturated rings. The Kier molecular flexibility index (Phi) is 4.80. The molecule has 0 amide bonds. The van der Waals surface area contributed by atoms with Crippen molar-refractivity contribution in [2.24, 2.45) is 0 Å². The average Bonchev–Trinajstić information content (AvgIpc) is 2.92. The first kappa shape index (κ1) is 17.2. The molecule has 1 aromatic heterocycles. The normalized spacial score (nSPS) is 17.3. The Hall–Kier alpha value is -1.63. The molecule has 0 atom stereocenters. The number of sulfonamides is 1. The second-order valence-electron chi connectivity index (χ2n) is 6.46. The van der Waals surface area contributed by atoms with Crippen LogP contribution in [0, 0.1) is 20.8 Å². The fourth-order valence-corrected chi connectivity index (χ4v) is 4.77. The largest absolute Gasteiger partial charge is 0.465 e. The van der Waals surface area contributed by atoms with Crippen LogP contribution in [0.5, 0.6) is 0 Å². The lowest BCUT2D eigenvalue weighted by molar-refractivity contribution is 0.170. The van der Waals surface area contributed by atoms with Crippen molar-refractivity contribution in [1.82, 2.24) is 9.21 Å². The number of piperazine rings is 1. The molecule has 0 bridgehead atoms. The van der Waals surface area contributed by atoms with E-state index < -0.39 is 10.0 Å². The predicted octanol–water partition coefficient (Wildman–Crippen LogP) is 2.71. The van der Waals surface area contributed by atoms with Crippen molar-refractivity contribution in [2.75, 3.05) is 26.2 Å². The van der Waals surface area contributed by atoms with E-state index in [-0.39, 0.29) is 0 Å². The first-order valence-corrected chi connectivity index (χ1v) is 9.65. The third-order valence-electron chi connectivity index (χ3n) is 4.45. The van der Waals surface area contributed by atoms with Crippen LogP contribution >= 0.6 is 0 Å². The highest BCUT2D eigenvalue weighted by Gasteiger charge is 2.29. The minimum atomic E-state index is -3.42. The Labute approximate surface area is 143 Å². The summed E-state index contributed by atoms with van der Waals surface area (Å²) in [5, 5.41) is 0. The molecule has 3 rings (SSSR count). The van der Waals surface area contributed by atoms with Gasteiger partial charge in [0.25, 0.3) is 0 Å². The van der Waals surface area contributed by atoms with Crippen LogP contribution < -0.4 is 0 Å². The summed E-state index contributed by atoms with van der Waals surface area (Å²) < 4.78 is 32.9. The van der Waals surface area contributed by atoms with Crippen molar-refractivity contribution in [3.63, 3.8) is 0 Å². The fraction of sp³-hybridized carbons (Fsp3) is 0.444. The van der Waals surface area contributed by atoms with E-state index >= 15 is 0 Å². The Bertz CT molecular complexity index is 819. The van der Waals surface area contributed by atoms with Crippen molar-refractivity contribution in [1.29, 1.82) is 0 Å². The molecular formula is C18H24N2O3S. The Morgan fingerprint density at radius 1 is 1.00 bits per heavy atom. The molecule has 0 N–H and O–H groups in total. The van der Waals surface area contributed by atoms with E-state index in [2.05, 4.69) is 4.90 Å². The zero-order valence-corrected chi connectivity index (χ0v) is 15.3. The van der Waals surface area contributed by atoms with E-state index in [1.807, 2.05) is 45.0 Å². The van der Waals surface area contributed by atoms with Crippen molar-refractivity contribution < 1.29 is 12.8 Å². The van der Waals surface area contributed by atoms with Crippen LogP contribution in [0.2, 0.25) is 0 Å². The quantitative estimate of drug-likeness (QED) is 0.852. The lowest BCUT2D eigenvalue weighted by Gasteiger charge is -2.33. The van der Waals surface area contributed by atoms with Gasteiger partial charge in [-0.2, -0.15) is 4.31 Å². The van der Waals surface area contributed by atoms with Gasteiger partial charge in [0, 0.05) is 26.2 Å². The van der Waals surface area contributed by atoms with Gasteiger partial charge in [-0.1, -0.05) is 17.7 Å². The molecule has 2 aromatic rings. The summed E-state index contributed by atoms with van der Waals surface area (Å²) in [6, 6.07) is 9.43. The molecule has 1 aliphatic rings. The van der Waals surface area contributed by atoms with Gasteiger partial charge in [0.2, 0.25) is 10.0 Å². The van der Waals surface area contributed by atoms with Gasteiger partial charge in [0.1, 0.15) is 11.5 Å². The zero-order valence-electron chi connectivity index (χ0n) is 14.4. The molecule has 6 heteroatoms. The number of hydrogen-bond acceptors (Lipinski definition) is 4. The minimum absolute atomic E-state index is 0.420. The highest BCUT2D eigenvalue weighted by atomic mass is 32.2. The standard InChI is InChI=1S/C18H24N2O3S/c1-14-4-7-18(15(2)12-14)24(21,22)20-10-8-19(9-11-20)13-17-6-5-16(3)23-17/h4-7,12H,8-11,13H2,1-3H3. The van der Waals surface area contributed by atoms with Crippen molar-refractivity contribution in [3.05, 3.63) is 53.0 Å². The summed E-state index contributed by atoms with van der Waals surface area (Å²) in [7, 11) is -3.42. The minimum Gasteiger partial charge on any atom is -0.465 e. The van der Waals surface area contributed by atoms with E-state index in [0.29, 0.717) is 31.1 Å². The summed E-state index contributed by atoms with van der Waals surface area (Å²) in [5.41, 5.74) is 1.88. The molecule has 1 aromatic carbocycles. The fourth-order valence-electron chi connectivity index (χ4n) is 3.15. The zero-order chi connectivity index (χ0) is 17.3. The Balaban J connectivity index is 1.67. The summed E-state index contributed by atoms with van der Waals surface area (Å²) >= 11 is 0. The van der Waals surface area contributed by atoms with Gasteiger partial charge in [-0.05, 0) is 44.5 Å². The summed E-state index contributed by atoms with van der Waals surface area (Å²) in [5.74, 6) is 1.83. The van der Waals surface area contributed by atoms with Crippen LogP contribution in [-0.2, 0) is 16.6 Å². The average molecular weight is 348 g/mol. The van der Waals surface area contributed by atoms with Crippen LogP contribution in [0.1, 0.15) is 22.6 Å². The predicted molar refractivity (Wildman–Crippen MR) is 93.4 cm³/mol.